The van der Waals surface area contributed by atoms with Crippen molar-refractivity contribution < 1.29 is 9.50 Å². The molecular weight excluding hydrogens is 369 g/mol. The molecule has 0 unspecified atom stereocenters. The molecule has 0 aliphatic heterocycles. The van der Waals surface area contributed by atoms with Gasteiger partial charge in [-0.3, -0.25) is 0 Å². The molecule has 1 heterocycles. The first-order valence-corrected chi connectivity index (χ1v) is 9.15. The number of aliphatic hydroxyl groups excluding tert-OH is 1. The number of nitrogens with zero attached hydrogens (tertiary/aromatic N) is 3. The molecule has 4 aromatic rings. The zero-order valence-electron chi connectivity index (χ0n) is 15.4. The summed E-state index contributed by atoms with van der Waals surface area (Å²) in [5, 5.41) is 15.0. The van der Waals surface area contributed by atoms with Crippen molar-refractivity contribution in [2.45, 2.75) is 12.6 Å². The maximum Gasteiger partial charge on any atom is 0.364 e. The normalized spacial score (nSPS) is 11.9. The van der Waals surface area contributed by atoms with Crippen LogP contribution < -0.4 is 5.69 Å². The maximum absolute atomic E-state index is 13.5. The predicted molar refractivity (Wildman–Crippen MR) is 109 cm³/mol. The van der Waals surface area contributed by atoms with E-state index >= 15 is 0 Å². The fourth-order valence-corrected chi connectivity index (χ4v) is 3.11. The minimum Gasteiger partial charge on any atom is -0.386 e. The van der Waals surface area contributed by atoms with Gasteiger partial charge in [-0.05, 0) is 17.7 Å². The summed E-state index contributed by atoms with van der Waals surface area (Å²) in [7, 11) is 0. The maximum atomic E-state index is 13.5. The highest BCUT2D eigenvalue weighted by Gasteiger charge is 2.17. The molecule has 0 saturated carbocycles. The van der Waals surface area contributed by atoms with Crippen molar-refractivity contribution in [3.63, 3.8) is 0 Å². The molecule has 1 aromatic heterocycles. The highest BCUT2D eigenvalue weighted by Crippen LogP contribution is 2.27. The van der Waals surface area contributed by atoms with Crippen molar-refractivity contribution in [1.29, 1.82) is 0 Å². The smallest absolute Gasteiger partial charge is 0.364 e. The molecule has 1 atom stereocenters. The van der Waals surface area contributed by atoms with Crippen molar-refractivity contribution in [2.75, 3.05) is 0 Å². The van der Waals surface area contributed by atoms with E-state index in [1.807, 2.05) is 60.7 Å². The van der Waals surface area contributed by atoms with E-state index in [4.69, 9.17) is 0 Å². The molecule has 5 nitrogen and oxygen atoms in total. The van der Waals surface area contributed by atoms with Gasteiger partial charge in [0, 0.05) is 11.1 Å². The molecule has 0 radical (unpaired) electrons. The molecule has 0 saturated heterocycles. The van der Waals surface area contributed by atoms with Gasteiger partial charge in [-0.1, -0.05) is 72.8 Å². The number of halogens is 1. The highest BCUT2D eigenvalue weighted by molar-refractivity contribution is 5.77. The van der Waals surface area contributed by atoms with Crippen molar-refractivity contribution >= 4 is 0 Å². The molecule has 6 heteroatoms. The first kappa shape index (κ1) is 18.7. The Morgan fingerprint density at radius 1 is 0.862 bits per heavy atom. The number of rotatable bonds is 5. The van der Waals surface area contributed by atoms with Crippen LogP contribution in [0.15, 0.2) is 89.7 Å². The lowest BCUT2D eigenvalue weighted by molar-refractivity contribution is 0.148. The molecule has 1 N–H and O–H groups in total. The minimum absolute atomic E-state index is 0.135. The van der Waals surface area contributed by atoms with E-state index in [1.54, 1.807) is 6.07 Å². The average Bonchev–Trinajstić information content (AvgIpc) is 2.76. The summed E-state index contributed by atoms with van der Waals surface area (Å²) < 4.78 is 14.6. The van der Waals surface area contributed by atoms with Gasteiger partial charge < -0.3 is 5.11 Å². The van der Waals surface area contributed by atoms with E-state index in [1.165, 1.54) is 18.2 Å². The SMILES string of the molecule is O=c1nc(-c2ccccc2)c(-c2ccccc2)nn1C[C@H](O)c1cccc(F)c1. The second-order valence-corrected chi connectivity index (χ2v) is 6.58. The van der Waals surface area contributed by atoms with Gasteiger partial charge in [0.05, 0.1) is 12.6 Å². The zero-order valence-corrected chi connectivity index (χ0v) is 15.4. The molecule has 3 aromatic carbocycles. The van der Waals surface area contributed by atoms with Crippen LogP contribution in [0.3, 0.4) is 0 Å². The van der Waals surface area contributed by atoms with Crippen LogP contribution in [0.25, 0.3) is 22.5 Å². The van der Waals surface area contributed by atoms with Gasteiger partial charge in [-0.25, -0.2) is 13.9 Å². The van der Waals surface area contributed by atoms with Crippen molar-refractivity contribution in [2.24, 2.45) is 0 Å². The molecule has 0 aliphatic carbocycles. The number of hydrogen-bond donors (Lipinski definition) is 1. The standard InChI is InChI=1S/C23H18FN3O2/c24-19-13-7-12-18(14-19)20(28)15-27-23(29)25-21(16-8-3-1-4-9-16)22(26-27)17-10-5-2-6-11-17/h1-14,20,28H,15H2/t20-/m0/s1. The quantitative estimate of drug-likeness (QED) is 0.565. The summed E-state index contributed by atoms with van der Waals surface area (Å²) in [6, 6.07) is 24.4. The van der Waals surface area contributed by atoms with E-state index < -0.39 is 17.6 Å². The van der Waals surface area contributed by atoms with Crippen LogP contribution in [-0.2, 0) is 6.54 Å². The van der Waals surface area contributed by atoms with Crippen LogP contribution in [0.4, 0.5) is 4.39 Å². The summed E-state index contributed by atoms with van der Waals surface area (Å²) in [6.45, 7) is -0.135. The Balaban J connectivity index is 1.79. The van der Waals surface area contributed by atoms with Crippen LogP contribution in [0.2, 0.25) is 0 Å². The summed E-state index contributed by atoms with van der Waals surface area (Å²) in [5.41, 5.74) is 2.36. The second-order valence-electron chi connectivity index (χ2n) is 6.58. The Morgan fingerprint density at radius 3 is 2.10 bits per heavy atom. The van der Waals surface area contributed by atoms with Gasteiger partial charge in [-0.15, -0.1) is 0 Å². The van der Waals surface area contributed by atoms with Crippen LogP contribution in [0, 0.1) is 5.82 Å². The number of aromatic nitrogens is 3. The number of benzene rings is 3. The predicted octanol–water partition coefficient (Wildman–Crippen LogP) is 3.85. The van der Waals surface area contributed by atoms with Gasteiger partial charge >= 0.3 is 5.69 Å². The van der Waals surface area contributed by atoms with Crippen molar-refractivity contribution in [3.05, 3.63) is 107 Å². The average molecular weight is 387 g/mol. The van der Waals surface area contributed by atoms with Gasteiger partial charge in [0.25, 0.3) is 0 Å². The van der Waals surface area contributed by atoms with E-state index in [2.05, 4.69) is 10.1 Å². The number of aliphatic hydroxyl groups is 1. The molecule has 29 heavy (non-hydrogen) atoms. The third-order valence-electron chi connectivity index (χ3n) is 4.55. The summed E-state index contributed by atoms with van der Waals surface area (Å²) >= 11 is 0. The van der Waals surface area contributed by atoms with Gasteiger partial charge in [0.15, 0.2) is 0 Å². The van der Waals surface area contributed by atoms with E-state index in [-0.39, 0.29) is 6.54 Å². The van der Waals surface area contributed by atoms with Crippen LogP contribution in [0.1, 0.15) is 11.7 Å². The lowest BCUT2D eigenvalue weighted by Crippen LogP contribution is -2.29. The van der Waals surface area contributed by atoms with Crippen molar-refractivity contribution in [3.8, 4) is 22.5 Å². The summed E-state index contributed by atoms with van der Waals surface area (Å²) in [6.07, 6.45) is -1.09. The van der Waals surface area contributed by atoms with Crippen LogP contribution in [-0.4, -0.2) is 19.9 Å². The second kappa shape index (κ2) is 8.16. The lowest BCUT2D eigenvalue weighted by atomic mass is 10.0. The summed E-state index contributed by atoms with van der Waals surface area (Å²) in [5.74, 6) is -0.454. The summed E-state index contributed by atoms with van der Waals surface area (Å²) in [4.78, 5) is 16.9. The van der Waals surface area contributed by atoms with E-state index in [9.17, 15) is 14.3 Å². The molecule has 144 valence electrons. The molecule has 0 spiro atoms. The molecule has 0 bridgehead atoms. The fourth-order valence-electron chi connectivity index (χ4n) is 3.11. The Labute approximate surface area is 166 Å². The van der Waals surface area contributed by atoms with Crippen molar-refractivity contribution in [1.82, 2.24) is 14.8 Å². The van der Waals surface area contributed by atoms with Gasteiger partial charge in [0.1, 0.15) is 17.2 Å². The molecular formula is C23H18FN3O2. The molecule has 0 fully saturated rings. The topological polar surface area (TPSA) is 68.0 Å². The third-order valence-corrected chi connectivity index (χ3v) is 4.55. The molecule has 4 rings (SSSR count). The Kier molecular flexibility index (Phi) is 5.27. The Bertz CT molecular complexity index is 1180. The zero-order chi connectivity index (χ0) is 20.2. The monoisotopic (exact) mass is 387 g/mol. The van der Waals surface area contributed by atoms with Crippen LogP contribution in [0.5, 0.6) is 0 Å². The molecule has 0 amide bonds. The highest BCUT2D eigenvalue weighted by atomic mass is 19.1. The Morgan fingerprint density at radius 2 is 1.48 bits per heavy atom. The van der Waals surface area contributed by atoms with E-state index in [0.29, 0.717) is 17.0 Å². The fraction of sp³-hybridized carbons (Fsp3) is 0.0870. The van der Waals surface area contributed by atoms with Gasteiger partial charge in [-0.2, -0.15) is 10.1 Å². The lowest BCUT2D eigenvalue weighted by Gasteiger charge is -2.15. The van der Waals surface area contributed by atoms with Gasteiger partial charge in [0.2, 0.25) is 0 Å². The number of hydrogen-bond acceptors (Lipinski definition) is 4. The largest absolute Gasteiger partial charge is 0.386 e. The first-order valence-electron chi connectivity index (χ1n) is 9.15. The molecule has 0 aliphatic rings. The third kappa shape index (κ3) is 4.12. The minimum atomic E-state index is -1.09. The Hall–Kier alpha value is -3.64. The first-order chi connectivity index (χ1) is 14.1. The van der Waals surface area contributed by atoms with Crippen LogP contribution >= 0.6 is 0 Å². The van der Waals surface area contributed by atoms with E-state index in [0.717, 1.165) is 15.8 Å².